The Morgan fingerprint density at radius 1 is 1.25 bits per heavy atom. The molecule has 0 radical (unpaired) electrons. The number of carbonyl (C=O) groups is 2. The first-order valence-corrected chi connectivity index (χ1v) is 8.59. The van der Waals surface area contributed by atoms with E-state index in [0.29, 0.717) is 5.25 Å². The van der Waals surface area contributed by atoms with Crippen LogP contribution in [0.5, 0.6) is 0 Å². The summed E-state index contributed by atoms with van der Waals surface area (Å²) < 4.78 is 0. The van der Waals surface area contributed by atoms with E-state index in [0.717, 1.165) is 32.1 Å². The Morgan fingerprint density at radius 2 is 1.95 bits per heavy atom. The molecule has 6 heteroatoms. The molecule has 3 atom stereocenters. The van der Waals surface area contributed by atoms with Crippen molar-refractivity contribution in [3.63, 3.8) is 0 Å². The molecular formula is C14H24N2O3S. The third-order valence-electron chi connectivity index (χ3n) is 4.51. The van der Waals surface area contributed by atoms with Gasteiger partial charge in [-0.3, -0.25) is 0 Å². The molecule has 0 aromatic heterocycles. The molecule has 0 heterocycles. The van der Waals surface area contributed by atoms with Crippen molar-refractivity contribution in [2.75, 3.05) is 6.26 Å². The summed E-state index contributed by atoms with van der Waals surface area (Å²) in [6.07, 6.45) is 8.13. The molecule has 0 aromatic carbocycles. The first-order valence-electron chi connectivity index (χ1n) is 7.30. The van der Waals surface area contributed by atoms with Crippen molar-refractivity contribution < 1.29 is 14.7 Å². The molecule has 2 amide bonds. The molecule has 0 bridgehead atoms. The van der Waals surface area contributed by atoms with Crippen molar-refractivity contribution in [3.05, 3.63) is 0 Å². The van der Waals surface area contributed by atoms with Crippen LogP contribution in [0.3, 0.4) is 0 Å². The van der Waals surface area contributed by atoms with Gasteiger partial charge in [-0.2, -0.15) is 11.8 Å². The van der Waals surface area contributed by atoms with Gasteiger partial charge in [0.05, 0.1) is 0 Å². The molecule has 5 nitrogen and oxygen atoms in total. The molecule has 114 valence electrons. The summed E-state index contributed by atoms with van der Waals surface area (Å²) >= 11 is 1.84. The highest BCUT2D eigenvalue weighted by molar-refractivity contribution is 7.99. The van der Waals surface area contributed by atoms with Gasteiger partial charge in [0.15, 0.2) is 0 Å². The standard InChI is InChI=1S/C14H24N2O3S/c1-14(12(17)18,9-6-7-9)16-13(19)15-10-4-3-5-11(8-10)20-2/h9-11H,3-8H2,1-2H3,(H,17,18)(H2,15,16,19). The van der Waals surface area contributed by atoms with Gasteiger partial charge in [-0.15, -0.1) is 0 Å². The average Bonchev–Trinajstić information content (AvgIpc) is 3.23. The topological polar surface area (TPSA) is 78.4 Å². The number of hydrogen-bond acceptors (Lipinski definition) is 3. The zero-order valence-electron chi connectivity index (χ0n) is 12.1. The van der Waals surface area contributed by atoms with Crippen LogP contribution in [0.2, 0.25) is 0 Å². The van der Waals surface area contributed by atoms with Gasteiger partial charge in [0.2, 0.25) is 0 Å². The van der Waals surface area contributed by atoms with Crippen LogP contribution >= 0.6 is 11.8 Å². The minimum atomic E-state index is -1.13. The van der Waals surface area contributed by atoms with Crippen LogP contribution in [0, 0.1) is 5.92 Å². The summed E-state index contributed by atoms with van der Waals surface area (Å²) in [6.45, 7) is 1.61. The first kappa shape index (κ1) is 15.5. The van der Waals surface area contributed by atoms with Crippen molar-refractivity contribution >= 4 is 23.8 Å². The Bertz CT molecular complexity index is 387. The third-order valence-corrected chi connectivity index (χ3v) is 5.60. The molecule has 3 N–H and O–H groups in total. The lowest BCUT2D eigenvalue weighted by Crippen LogP contribution is -2.58. The Balaban J connectivity index is 1.86. The second-order valence-electron chi connectivity index (χ2n) is 6.10. The maximum atomic E-state index is 12.1. The number of nitrogens with one attached hydrogen (secondary N) is 2. The maximum Gasteiger partial charge on any atom is 0.329 e. The summed E-state index contributed by atoms with van der Waals surface area (Å²) in [7, 11) is 0. The summed E-state index contributed by atoms with van der Waals surface area (Å²) in [5, 5.41) is 15.6. The molecule has 0 saturated heterocycles. The van der Waals surface area contributed by atoms with E-state index in [2.05, 4.69) is 16.9 Å². The minimum absolute atomic E-state index is 0.0658. The predicted molar refractivity (Wildman–Crippen MR) is 80.0 cm³/mol. The van der Waals surface area contributed by atoms with Crippen molar-refractivity contribution in [3.8, 4) is 0 Å². The molecule has 2 rings (SSSR count). The van der Waals surface area contributed by atoms with Gasteiger partial charge < -0.3 is 15.7 Å². The van der Waals surface area contributed by atoms with Crippen LogP contribution in [-0.2, 0) is 4.79 Å². The van der Waals surface area contributed by atoms with Crippen LogP contribution in [0.1, 0.15) is 45.4 Å². The number of carboxylic acids is 1. The molecular weight excluding hydrogens is 276 g/mol. The fraction of sp³-hybridized carbons (Fsp3) is 0.857. The minimum Gasteiger partial charge on any atom is -0.480 e. The number of rotatable bonds is 5. The molecule has 0 aromatic rings. The molecule has 2 aliphatic carbocycles. The summed E-state index contributed by atoms with van der Waals surface area (Å²) in [5.41, 5.74) is -1.13. The van der Waals surface area contributed by atoms with Gasteiger partial charge in [0, 0.05) is 11.3 Å². The highest BCUT2D eigenvalue weighted by Gasteiger charge is 2.48. The average molecular weight is 300 g/mol. The van der Waals surface area contributed by atoms with Crippen LogP contribution in [0.25, 0.3) is 0 Å². The molecule has 2 saturated carbocycles. The largest absolute Gasteiger partial charge is 0.480 e. The van der Waals surface area contributed by atoms with Crippen LogP contribution in [0.15, 0.2) is 0 Å². The molecule has 0 spiro atoms. The van der Waals surface area contributed by atoms with E-state index in [1.54, 1.807) is 6.92 Å². The Hall–Kier alpha value is -0.910. The Kier molecular flexibility index (Phi) is 4.83. The van der Waals surface area contributed by atoms with E-state index in [1.807, 2.05) is 11.8 Å². The van der Waals surface area contributed by atoms with E-state index in [1.165, 1.54) is 6.42 Å². The lowest BCUT2D eigenvalue weighted by molar-refractivity contribution is -0.144. The van der Waals surface area contributed by atoms with E-state index < -0.39 is 11.5 Å². The lowest BCUT2D eigenvalue weighted by atomic mass is 9.94. The van der Waals surface area contributed by atoms with E-state index in [4.69, 9.17) is 0 Å². The molecule has 0 aliphatic heterocycles. The molecule has 20 heavy (non-hydrogen) atoms. The number of carbonyl (C=O) groups excluding carboxylic acids is 1. The summed E-state index contributed by atoms with van der Waals surface area (Å²) in [6, 6.07) is -0.174. The number of aliphatic carboxylic acids is 1. The van der Waals surface area contributed by atoms with Crippen molar-refractivity contribution in [2.24, 2.45) is 5.92 Å². The number of amides is 2. The van der Waals surface area contributed by atoms with Crippen LogP contribution in [0.4, 0.5) is 4.79 Å². The Morgan fingerprint density at radius 3 is 2.50 bits per heavy atom. The second kappa shape index (κ2) is 6.24. The molecule has 2 aliphatic rings. The number of thioether (sulfide) groups is 1. The quantitative estimate of drug-likeness (QED) is 0.727. The number of hydrogen-bond donors (Lipinski definition) is 3. The number of urea groups is 1. The zero-order valence-corrected chi connectivity index (χ0v) is 13.0. The smallest absolute Gasteiger partial charge is 0.329 e. The second-order valence-corrected chi connectivity index (χ2v) is 7.24. The Labute approximate surface area is 124 Å². The highest BCUT2D eigenvalue weighted by Crippen LogP contribution is 2.39. The molecule has 2 fully saturated rings. The SMILES string of the molecule is CSC1CCCC(NC(=O)NC(C)(C(=O)O)C2CC2)C1. The van der Waals surface area contributed by atoms with Crippen LogP contribution < -0.4 is 10.6 Å². The monoisotopic (exact) mass is 300 g/mol. The summed E-state index contributed by atoms with van der Waals surface area (Å²) in [4.78, 5) is 23.4. The van der Waals surface area contributed by atoms with E-state index >= 15 is 0 Å². The van der Waals surface area contributed by atoms with Gasteiger partial charge in [-0.05, 0) is 51.2 Å². The highest BCUT2D eigenvalue weighted by atomic mass is 32.2. The van der Waals surface area contributed by atoms with Gasteiger partial charge in [0.1, 0.15) is 5.54 Å². The fourth-order valence-electron chi connectivity index (χ4n) is 2.94. The number of carboxylic acid groups (broad SMARTS) is 1. The van der Waals surface area contributed by atoms with Crippen molar-refractivity contribution in [1.82, 2.24) is 10.6 Å². The third kappa shape index (κ3) is 3.59. The lowest BCUT2D eigenvalue weighted by Gasteiger charge is -2.31. The van der Waals surface area contributed by atoms with E-state index in [-0.39, 0.29) is 18.0 Å². The van der Waals surface area contributed by atoms with Gasteiger partial charge in [-0.1, -0.05) is 6.42 Å². The predicted octanol–water partition coefficient (Wildman–Crippen LogP) is 2.21. The summed E-state index contributed by atoms with van der Waals surface area (Å²) in [5.74, 6) is -0.878. The van der Waals surface area contributed by atoms with Gasteiger partial charge >= 0.3 is 12.0 Å². The van der Waals surface area contributed by atoms with Gasteiger partial charge in [0.25, 0.3) is 0 Å². The van der Waals surface area contributed by atoms with Crippen molar-refractivity contribution in [1.29, 1.82) is 0 Å². The molecule has 3 unspecified atom stereocenters. The zero-order chi connectivity index (χ0) is 14.8. The first-order chi connectivity index (χ1) is 9.45. The fourth-order valence-corrected chi connectivity index (χ4v) is 3.77. The van der Waals surface area contributed by atoms with E-state index in [9.17, 15) is 14.7 Å². The van der Waals surface area contributed by atoms with Crippen LogP contribution in [-0.4, -0.2) is 40.2 Å². The maximum absolute atomic E-state index is 12.1. The normalized spacial score (nSPS) is 29.3. The van der Waals surface area contributed by atoms with Gasteiger partial charge in [-0.25, -0.2) is 9.59 Å². The van der Waals surface area contributed by atoms with Crippen molar-refractivity contribution in [2.45, 2.75) is 62.3 Å².